The van der Waals surface area contributed by atoms with E-state index in [9.17, 15) is 0 Å². The molecule has 0 unspecified atom stereocenters. The van der Waals surface area contributed by atoms with Crippen LogP contribution in [0.2, 0.25) is 4.47 Å². The molecule has 0 aliphatic carbocycles. The molecule has 0 aliphatic heterocycles. The minimum absolute atomic E-state index is 0.492. The Kier molecular flexibility index (Phi) is 3.18. The van der Waals surface area contributed by atoms with Gasteiger partial charge >= 0.3 is 0 Å². The highest BCUT2D eigenvalue weighted by Gasteiger charge is 1.99. The van der Waals surface area contributed by atoms with Crippen molar-refractivity contribution in [3.63, 3.8) is 0 Å². The largest absolute Gasteiger partial charge is 0.204 e. The van der Waals surface area contributed by atoms with Gasteiger partial charge in [-0.2, -0.15) is 9.36 Å². The molecular weight excluding hydrogens is 188 g/mol. The summed E-state index contributed by atoms with van der Waals surface area (Å²) in [5.41, 5.74) is 0. The molecule has 0 aliphatic rings. The van der Waals surface area contributed by atoms with E-state index in [2.05, 4.69) is 15.9 Å². The molecule has 5 heteroatoms. The summed E-state index contributed by atoms with van der Waals surface area (Å²) in [5.74, 6) is 0.826. The number of rotatable bonds is 3. The molecular formula is C5H5ClN2S2. The molecule has 1 rings (SSSR count). The van der Waals surface area contributed by atoms with Gasteiger partial charge < -0.3 is 0 Å². The second-order valence-corrected chi connectivity index (χ2v) is 3.75. The Morgan fingerprint density at radius 2 is 2.60 bits per heavy atom. The Morgan fingerprint density at radius 1 is 1.80 bits per heavy atom. The average molecular weight is 193 g/mol. The molecule has 0 saturated carbocycles. The number of nitrogens with zero attached hydrogens (tertiary/aromatic N) is 2. The molecule has 0 N–H and O–H groups in total. The first-order valence-corrected chi connectivity index (χ1v) is 4.69. The van der Waals surface area contributed by atoms with Crippen molar-refractivity contribution in [1.29, 1.82) is 0 Å². The van der Waals surface area contributed by atoms with Crippen molar-refractivity contribution >= 4 is 34.9 Å². The van der Waals surface area contributed by atoms with Crippen molar-refractivity contribution in [2.45, 2.75) is 5.16 Å². The molecule has 10 heavy (non-hydrogen) atoms. The maximum absolute atomic E-state index is 5.55. The molecule has 2 nitrogen and oxygen atoms in total. The van der Waals surface area contributed by atoms with E-state index in [0.29, 0.717) is 4.47 Å². The fourth-order valence-corrected chi connectivity index (χ4v) is 1.74. The Labute approximate surface area is 72.5 Å². The zero-order valence-corrected chi connectivity index (χ0v) is 7.47. The summed E-state index contributed by atoms with van der Waals surface area (Å²) in [7, 11) is 0. The SMILES string of the molecule is C=CCSc1nsc(Cl)n1. The van der Waals surface area contributed by atoms with Crippen molar-refractivity contribution < 1.29 is 0 Å². The summed E-state index contributed by atoms with van der Waals surface area (Å²) in [4.78, 5) is 3.94. The van der Waals surface area contributed by atoms with Gasteiger partial charge in [-0.3, -0.25) is 0 Å². The van der Waals surface area contributed by atoms with Crippen molar-refractivity contribution in [3.05, 3.63) is 17.1 Å². The van der Waals surface area contributed by atoms with Crippen LogP contribution in [0.25, 0.3) is 0 Å². The summed E-state index contributed by atoms with van der Waals surface area (Å²) in [5, 5.41) is 0.731. The summed E-state index contributed by atoms with van der Waals surface area (Å²) < 4.78 is 4.46. The van der Waals surface area contributed by atoms with Gasteiger partial charge in [0.25, 0.3) is 0 Å². The topological polar surface area (TPSA) is 25.8 Å². The van der Waals surface area contributed by atoms with E-state index in [-0.39, 0.29) is 0 Å². The standard InChI is InChI=1S/C5H5ClN2S2/c1-2-3-9-5-7-4(6)10-8-5/h2H,1,3H2. The van der Waals surface area contributed by atoms with E-state index in [1.807, 2.05) is 0 Å². The molecule has 54 valence electrons. The molecule has 0 aromatic carbocycles. The third-order valence-corrected chi connectivity index (χ3v) is 2.47. The molecule has 0 saturated heterocycles. The van der Waals surface area contributed by atoms with Crippen LogP contribution in [-0.4, -0.2) is 15.1 Å². The van der Waals surface area contributed by atoms with Crippen LogP contribution < -0.4 is 0 Å². The first-order chi connectivity index (χ1) is 4.83. The number of thioether (sulfide) groups is 1. The normalized spacial score (nSPS) is 9.70. The lowest BCUT2D eigenvalue weighted by Gasteiger charge is -1.84. The Hall–Kier alpha value is -0.0600. The van der Waals surface area contributed by atoms with Crippen LogP contribution in [0.1, 0.15) is 0 Å². The van der Waals surface area contributed by atoms with Crippen LogP contribution in [-0.2, 0) is 0 Å². The summed E-state index contributed by atoms with van der Waals surface area (Å²) in [6.07, 6.45) is 1.81. The van der Waals surface area contributed by atoms with Gasteiger partial charge in [-0.1, -0.05) is 17.8 Å². The van der Waals surface area contributed by atoms with E-state index in [4.69, 9.17) is 11.6 Å². The van der Waals surface area contributed by atoms with Gasteiger partial charge in [0.1, 0.15) is 0 Å². The van der Waals surface area contributed by atoms with E-state index >= 15 is 0 Å². The quantitative estimate of drug-likeness (QED) is 0.544. The van der Waals surface area contributed by atoms with Gasteiger partial charge in [0.05, 0.1) is 0 Å². The molecule has 0 amide bonds. The van der Waals surface area contributed by atoms with Crippen LogP contribution >= 0.6 is 34.9 Å². The summed E-state index contributed by atoms with van der Waals surface area (Å²) in [6.45, 7) is 3.58. The molecule has 1 heterocycles. The summed E-state index contributed by atoms with van der Waals surface area (Å²) in [6, 6.07) is 0. The second kappa shape index (κ2) is 3.95. The van der Waals surface area contributed by atoms with Gasteiger partial charge in [-0.25, -0.2) is 0 Å². The molecule has 1 aromatic heterocycles. The van der Waals surface area contributed by atoms with Gasteiger partial charge in [0, 0.05) is 5.75 Å². The van der Waals surface area contributed by atoms with Crippen molar-refractivity contribution in [2.24, 2.45) is 0 Å². The number of hydrogen-bond acceptors (Lipinski definition) is 4. The molecule has 0 bridgehead atoms. The minimum Gasteiger partial charge on any atom is -0.198 e. The third kappa shape index (κ3) is 2.28. The van der Waals surface area contributed by atoms with Crippen LogP contribution in [0.5, 0.6) is 0 Å². The highest BCUT2D eigenvalue weighted by Crippen LogP contribution is 2.19. The summed E-state index contributed by atoms with van der Waals surface area (Å²) >= 11 is 8.28. The lowest BCUT2D eigenvalue weighted by atomic mass is 10.8. The number of aromatic nitrogens is 2. The van der Waals surface area contributed by atoms with Crippen LogP contribution in [0.4, 0.5) is 0 Å². The Morgan fingerprint density at radius 3 is 3.10 bits per heavy atom. The third-order valence-electron chi connectivity index (χ3n) is 0.713. The van der Waals surface area contributed by atoms with E-state index in [1.54, 1.807) is 6.08 Å². The smallest absolute Gasteiger partial charge is 0.198 e. The van der Waals surface area contributed by atoms with Crippen LogP contribution in [0.15, 0.2) is 17.8 Å². The number of halogens is 1. The zero-order valence-electron chi connectivity index (χ0n) is 5.08. The lowest BCUT2D eigenvalue weighted by molar-refractivity contribution is 1.08. The highest BCUT2D eigenvalue weighted by atomic mass is 35.5. The van der Waals surface area contributed by atoms with E-state index < -0.39 is 0 Å². The molecule has 1 aromatic rings. The predicted molar refractivity (Wildman–Crippen MR) is 45.8 cm³/mol. The average Bonchev–Trinajstić information content (AvgIpc) is 2.31. The maximum atomic E-state index is 5.55. The van der Waals surface area contributed by atoms with Gasteiger partial charge in [-0.05, 0) is 23.1 Å². The first kappa shape index (κ1) is 8.04. The van der Waals surface area contributed by atoms with Gasteiger partial charge in [-0.15, -0.1) is 6.58 Å². The van der Waals surface area contributed by atoms with Crippen LogP contribution in [0, 0.1) is 0 Å². The maximum Gasteiger partial charge on any atom is 0.204 e. The van der Waals surface area contributed by atoms with Crippen molar-refractivity contribution in [1.82, 2.24) is 9.36 Å². The predicted octanol–water partition coefficient (Wildman–Crippen LogP) is 2.47. The first-order valence-electron chi connectivity index (χ1n) is 2.56. The molecule has 0 atom stereocenters. The zero-order chi connectivity index (χ0) is 7.40. The molecule has 0 fully saturated rings. The van der Waals surface area contributed by atoms with Crippen LogP contribution in [0.3, 0.4) is 0 Å². The van der Waals surface area contributed by atoms with Crippen molar-refractivity contribution in [2.75, 3.05) is 5.75 Å². The van der Waals surface area contributed by atoms with Gasteiger partial charge in [0.2, 0.25) is 9.62 Å². The Balaban J connectivity index is 2.49. The highest BCUT2D eigenvalue weighted by molar-refractivity contribution is 7.99. The lowest BCUT2D eigenvalue weighted by Crippen LogP contribution is -1.74. The number of hydrogen-bond donors (Lipinski definition) is 0. The minimum atomic E-state index is 0.492. The van der Waals surface area contributed by atoms with E-state index in [0.717, 1.165) is 10.9 Å². The molecule has 0 spiro atoms. The molecule has 0 radical (unpaired) electrons. The van der Waals surface area contributed by atoms with E-state index in [1.165, 1.54) is 23.3 Å². The monoisotopic (exact) mass is 192 g/mol. The second-order valence-electron chi connectivity index (χ2n) is 1.43. The fourth-order valence-electron chi connectivity index (χ4n) is 0.385. The van der Waals surface area contributed by atoms with Crippen molar-refractivity contribution in [3.8, 4) is 0 Å². The Bertz CT molecular complexity index is 223. The fraction of sp³-hybridized carbons (Fsp3) is 0.200. The van der Waals surface area contributed by atoms with Gasteiger partial charge in [0.15, 0.2) is 0 Å².